The van der Waals surface area contributed by atoms with E-state index in [2.05, 4.69) is 20.5 Å². The Labute approximate surface area is 185 Å². The Balaban J connectivity index is 1.42. The molecule has 2 heterocycles. The lowest BCUT2D eigenvalue weighted by atomic mass is 10.1. The van der Waals surface area contributed by atoms with Crippen LogP contribution in [-0.2, 0) is 6.18 Å². The lowest BCUT2D eigenvalue weighted by Crippen LogP contribution is -2.14. The van der Waals surface area contributed by atoms with Crippen LogP contribution in [0.5, 0.6) is 11.5 Å². The van der Waals surface area contributed by atoms with Gasteiger partial charge in [0, 0.05) is 22.8 Å². The quantitative estimate of drug-likeness (QED) is 0.344. The summed E-state index contributed by atoms with van der Waals surface area (Å²) >= 11 is 0. The maximum absolute atomic E-state index is 13.0. The lowest BCUT2D eigenvalue weighted by molar-refractivity contribution is -0.137. The van der Waals surface area contributed by atoms with E-state index >= 15 is 0 Å². The maximum Gasteiger partial charge on any atom is 0.416 e. The predicted molar refractivity (Wildman–Crippen MR) is 117 cm³/mol. The summed E-state index contributed by atoms with van der Waals surface area (Å²) in [4.78, 5) is 16.8. The Kier molecular flexibility index (Phi) is 4.93. The van der Waals surface area contributed by atoms with Crippen LogP contribution in [0.25, 0.3) is 21.8 Å². The van der Waals surface area contributed by atoms with Gasteiger partial charge in [-0.2, -0.15) is 18.3 Å². The third-order valence-corrected chi connectivity index (χ3v) is 5.09. The van der Waals surface area contributed by atoms with Gasteiger partial charge in [-0.15, -0.1) is 0 Å². The predicted octanol–water partition coefficient (Wildman–Crippen LogP) is 6.17. The first-order chi connectivity index (χ1) is 15.9. The fraction of sp³-hybridized carbons (Fsp3) is 0.0417. The number of hydrogen-bond acceptors (Lipinski definition) is 4. The minimum absolute atomic E-state index is 0.0800. The van der Waals surface area contributed by atoms with E-state index < -0.39 is 17.6 Å². The number of aromatic amines is 1. The highest BCUT2D eigenvalue weighted by molar-refractivity contribution is 6.09. The molecule has 0 aliphatic heterocycles. The number of alkyl halides is 3. The van der Waals surface area contributed by atoms with Gasteiger partial charge in [-0.1, -0.05) is 18.2 Å². The van der Waals surface area contributed by atoms with Crippen LogP contribution < -0.4 is 10.1 Å². The largest absolute Gasteiger partial charge is 0.456 e. The number of amides is 1. The second-order valence-corrected chi connectivity index (χ2v) is 7.26. The summed E-state index contributed by atoms with van der Waals surface area (Å²) in [6.07, 6.45) is -1.29. The van der Waals surface area contributed by atoms with Crippen molar-refractivity contribution in [3.05, 3.63) is 90.3 Å². The van der Waals surface area contributed by atoms with Crippen molar-refractivity contribution in [3.63, 3.8) is 0 Å². The van der Waals surface area contributed by atoms with E-state index in [1.165, 1.54) is 12.1 Å². The minimum atomic E-state index is -4.52. The van der Waals surface area contributed by atoms with Crippen molar-refractivity contribution in [1.29, 1.82) is 0 Å². The van der Waals surface area contributed by atoms with Crippen LogP contribution in [-0.4, -0.2) is 21.1 Å². The topological polar surface area (TPSA) is 79.9 Å². The van der Waals surface area contributed by atoms with Crippen molar-refractivity contribution < 1.29 is 22.7 Å². The van der Waals surface area contributed by atoms with Gasteiger partial charge >= 0.3 is 6.18 Å². The van der Waals surface area contributed by atoms with E-state index in [1.807, 2.05) is 12.1 Å². The summed E-state index contributed by atoms with van der Waals surface area (Å²) in [6.45, 7) is 0. The molecule has 0 saturated carbocycles. The number of rotatable bonds is 4. The molecule has 9 heteroatoms. The summed E-state index contributed by atoms with van der Waals surface area (Å²) < 4.78 is 44.9. The molecule has 0 unspecified atom stereocenters. The molecule has 2 aromatic heterocycles. The zero-order chi connectivity index (χ0) is 23.0. The average Bonchev–Trinajstić information content (AvgIpc) is 3.29. The highest BCUT2D eigenvalue weighted by atomic mass is 19.4. The molecule has 5 aromatic rings. The Morgan fingerprint density at radius 3 is 2.67 bits per heavy atom. The molecule has 0 saturated heterocycles. The number of ether oxygens (including phenoxy) is 1. The molecule has 1 amide bonds. The number of benzene rings is 3. The molecule has 0 atom stereocenters. The zero-order valence-corrected chi connectivity index (χ0v) is 16.9. The van der Waals surface area contributed by atoms with Crippen molar-refractivity contribution in [1.82, 2.24) is 15.2 Å². The highest BCUT2D eigenvalue weighted by Crippen LogP contribution is 2.33. The number of nitrogens with one attached hydrogen (secondary N) is 2. The van der Waals surface area contributed by atoms with Gasteiger partial charge < -0.3 is 10.1 Å². The third-order valence-electron chi connectivity index (χ3n) is 5.09. The molecule has 0 radical (unpaired) electrons. The Morgan fingerprint density at radius 2 is 1.82 bits per heavy atom. The number of aromatic nitrogens is 3. The van der Waals surface area contributed by atoms with Gasteiger partial charge in [0.1, 0.15) is 11.5 Å². The van der Waals surface area contributed by atoms with Gasteiger partial charge in [0.2, 0.25) is 0 Å². The number of anilines is 1. The van der Waals surface area contributed by atoms with E-state index in [0.29, 0.717) is 28.2 Å². The Hall–Kier alpha value is -4.40. The minimum Gasteiger partial charge on any atom is -0.456 e. The molecule has 0 aliphatic carbocycles. The van der Waals surface area contributed by atoms with Crippen LogP contribution in [0.2, 0.25) is 0 Å². The zero-order valence-electron chi connectivity index (χ0n) is 16.9. The highest BCUT2D eigenvalue weighted by Gasteiger charge is 2.30. The number of hydrogen-bond donors (Lipinski definition) is 2. The molecule has 6 nitrogen and oxygen atoms in total. The smallest absolute Gasteiger partial charge is 0.416 e. The molecule has 2 N–H and O–H groups in total. The van der Waals surface area contributed by atoms with Gasteiger partial charge in [0.25, 0.3) is 5.91 Å². The maximum atomic E-state index is 13.0. The molecule has 3 aromatic carbocycles. The number of nitrogens with zero attached hydrogens (tertiary/aromatic N) is 2. The summed E-state index contributed by atoms with van der Waals surface area (Å²) in [7, 11) is 0. The molecule has 0 bridgehead atoms. The van der Waals surface area contributed by atoms with Crippen LogP contribution in [0, 0.1) is 0 Å². The van der Waals surface area contributed by atoms with Crippen LogP contribution in [0.15, 0.2) is 79.1 Å². The SMILES string of the molecule is O=C(Nc1cccc2cc(Oc3ccnc4[nH]ncc34)ccc12)c1cccc(C(F)(F)F)c1. The first-order valence-corrected chi connectivity index (χ1v) is 9.86. The normalized spacial score (nSPS) is 11.6. The van der Waals surface area contributed by atoms with E-state index in [1.54, 1.807) is 42.7 Å². The first kappa shape index (κ1) is 20.5. The van der Waals surface area contributed by atoms with Gasteiger partial charge in [-0.25, -0.2) is 4.98 Å². The summed E-state index contributed by atoms with van der Waals surface area (Å²) in [6, 6.07) is 16.6. The number of halogens is 3. The van der Waals surface area contributed by atoms with Crippen LogP contribution in [0.1, 0.15) is 15.9 Å². The summed E-state index contributed by atoms with van der Waals surface area (Å²) in [5, 5.41) is 11.7. The molecule has 5 rings (SSSR count). The van der Waals surface area contributed by atoms with Crippen molar-refractivity contribution in [2.24, 2.45) is 0 Å². The van der Waals surface area contributed by atoms with E-state index in [9.17, 15) is 18.0 Å². The molecule has 164 valence electrons. The Morgan fingerprint density at radius 1 is 0.970 bits per heavy atom. The fourth-order valence-electron chi connectivity index (χ4n) is 3.51. The standard InChI is InChI=1S/C24H15F3N4O2/c25-24(26,27)16-5-1-4-15(11-16)23(32)30-20-6-2-3-14-12-17(7-8-18(14)20)33-21-9-10-28-22-19(21)13-29-31-22/h1-13H,(H,30,32)(H,28,29,31). The van der Waals surface area contributed by atoms with Crippen LogP contribution >= 0.6 is 0 Å². The molecule has 0 spiro atoms. The second-order valence-electron chi connectivity index (χ2n) is 7.26. The van der Waals surface area contributed by atoms with Gasteiger partial charge in [-0.3, -0.25) is 9.89 Å². The van der Waals surface area contributed by atoms with Crippen molar-refractivity contribution in [3.8, 4) is 11.5 Å². The van der Waals surface area contributed by atoms with Crippen molar-refractivity contribution in [2.45, 2.75) is 6.18 Å². The van der Waals surface area contributed by atoms with E-state index in [-0.39, 0.29) is 5.56 Å². The van der Waals surface area contributed by atoms with Crippen molar-refractivity contribution in [2.75, 3.05) is 5.32 Å². The number of carbonyl (C=O) groups excluding carboxylic acids is 1. The average molecular weight is 448 g/mol. The van der Waals surface area contributed by atoms with Crippen LogP contribution in [0.3, 0.4) is 0 Å². The lowest BCUT2D eigenvalue weighted by Gasteiger charge is -2.12. The summed E-state index contributed by atoms with van der Waals surface area (Å²) in [5.41, 5.74) is 0.122. The van der Waals surface area contributed by atoms with E-state index in [4.69, 9.17) is 4.74 Å². The number of pyridine rings is 1. The molecule has 0 fully saturated rings. The number of fused-ring (bicyclic) bond motifs is 2. The second kappa shape index (κ2) is 7.94. The Bertz CT molecular complexity index is 1490. The van der Waals surface area contributed by atoms with Crippen LogP contribution in [0.4, 0.5) is 18.9 Å². The molecular formula is C24H15F3N4O2. The fourth-order valence-corrected chi connectivity index (χ4v) is 3.51. The van der Waals surface area contributed by atoms with Gasteiger partial charge in [0.05, 0.1) is 17.1 Å². The number of H-pyrrole nitrogens is 1. The first-order valence-electron chi connectivity index (χ1n) is 9.86. The number of carbonyl (C=O) groups is 1. The molecular weight excluding hydrogens is 433 g/mol. The van der Waals surface area contributed by atoms with Gasteiger partial charge in [-0.05, 0) is 53.9 Å². The summed E-state index contributed by atoms with van der Waals surface area (Å²) in [5.74, 6) is 0.521. The van der Waals surface area contributed by atoms with Gasteiger partial charge in [0.15, 0.2) is 5.65 Å². The van der Waals surface area contributed by atoms with E-state index in [0.717, 1.165) is 22.9 Å². The molecule has 0 aliphatic rings. The van der Waals surface area contributed by atoms with Crippen molar-refractivity contribution >= 4 is 33.4 Å². The third kappa shape index (κ3) is 4.08. The molecule has 33 heavy (non-hydrogen) atoms. The monoisotopic (exact) mass is 448 g/mol.